The molecular formula is C30H37FO8. The highest BCUT2D eigenvalue weighted by Crippen LogP contribution is 2.70. The van der Waals surface area contributed by atoms with Gasteiger partial charge in [-0.25, -0.2) is 4.39 Å². The number of halogens is 1. The largest absolute Gasteiger partial charge is 0.481 e. The van der Waals surface area contributed by atoms with Crippen LogP contribution in [0, 0.1) is 40.4 Å². The van der Waals surface area contributed by atoms with Crippen molar-refractivity contribution in [2.75, 3.05) is 6.61 Å². The molecule has 0 aromatic rings. The zero-order chi connectivity index (χ0) is 28.5. The van der Waals surface area contributed by atoms with Gasteiger partial charge in [-0.3, -0.25) is 19.2 Å². The predicted octanol–water partition coefficient (Wildman–Crippen LogP) is 3.11. The lowest BCUT2D eigenvalue weighted by molar-refractivity contribution is -0.215. The molecule has 8 nitrogen and oxygen atoms in total. The third-order valence-electron chi connectivity index (χ3n) is 11.0. The molecule has 0 bridgehead atoms. The van der Waals surface area contributed by atoms with Crippen LogP contribution >= 0.6 is 0 Å². The summed E-state index contributed by atoms with van der Waals surface area (Å²) in [5.74, 6) is -6.39. The fourth-order valence-corrected chi connectivity index (χ4v) is 8.75. The number of aliphatic hydroxyl groups excluding tert-OH is 1. The second-order valence-corrected chi connectivity index (χ2v) is 12.7. The number of esters is 1. The monoisotopic (exact) mass is 544 g/mol. The molecule has 0 aromatic carbocycles. The number of fused-ring (bicyclic) bond motifs is 5. The fourth-order valence-electron chi connectivity index (χ4n) is 8.75. The van der Waals surface area contributed by atoms with Crippen LogP contribution in [0.5, 0.6) is 0 Å². The Balaban J connectivity index is 1.40. The molecule has 2 fully saturated rings. The maximum atomic E-state index is 17.3. The first kappa shape index (κ1) is 27.9. The molecule has 0 saturated heterocycles. The number of ether oxygens (including phenoxy) is 1. The highest BCUT2D eigenvalue weighted by Gasteiger charge is 2.75. The molecule has 10 atom stereocenters. The molecule has 5 rings (SSSR count). The molecule has 2 unspecified atom stereocenters. The number of carboxylic acid groups (broad SMARTS) is 1. The van der Waals surface area contributed by atoms with Gasteiger partial charge in [-0.1, -0.05) is 43.7 Å². The highest BCUT2D eigenvalue weighted by atomic mass is 19.1. The van der Waals surface area contributed by atoms with E-state index in [1.54, 1.807) is 39.0 Å². The number of hydrogen-bond donors (Lipinski definition) is 3. The van der Waals surface area contributed by atoms with Crippen molar-refractivity contribution in [2.45, 2.75) is 76.7 Å². The van der Waals surface area contributed by atoms with Gasteiger partial charge in [0.1, 0.15) is 5.60 Å². The second-order valence-electron chi connectivity index (χ2n) is 12.7. The fraction of sp³-hybridized carbons (Fsp3) is 0.667. The number of allylic oxidation sites excluding steroid dienone is 6. The Labute approximate surface area is 227 Å². The molecule has 0 spiro atoms. The van der Waals surface area contributed by atoms with E-state index in [1.165, 1.54) is 6.08 Å². The van der Waals surface area contributed by atoms with Crippen molar-refractivity contribution in [2.24, 2.45) is 40.4 Å². The van der Waals surface area contributed by atoms with E-state index >= 15 is 4.39 Å². The number of Topliss-reactive ketones (excluding diaryl/α,β-unsaturated/α-hetero) is 1. The van der Waals surface area contributed by atoms with Gasteiger partial charge in [-0.2, -0.15) is 0 Å². The molecule has 39 heavy (non-hydrogen) atoms. The van der Waals surface area contributed by atoms with Gasteiger partial charge >= 0.3 is 11.9 Å². The molecule has 5 aliphatic carbocycles. The minimum Gasteiger partial charge on any atom is -0.481 e. The van der Waals surface area contributed by atoms with E-state index in [0.717, 1.165) is 0 Å². The van der Waals surface area contributed by atoms with E-state index < -0.39 is 82.1 Å². The van der Waals surface area contributed by atoms with Crippen LogP contribution in [0.15, 0.2) is 36.0 Å². The summed E-state index contributed by atoms with van der Waals surface area (Å²) in [6.45, 7) is 4.40. The summed E-state index contributed by atoms with van der Waals surface area (Å²) in [4.78, 5) is 50.0. The summed E-state index contributed by atoms with van der Waals surface area (Å²) in [6, 6.07) is 0. The summed E-state index contributed by atoms with van der Waals surface area (Å²) in [6.07, 6.45) is 7.63. The highest BCUT2D eigenvalue weighted by molar-refractivity contribution is 5.94. The molecule has 0 heterocycles. The predicted molar refractivity (Wildman–Crippen MR) is 137 cm³/mol. The molecule has 0 radical (unpaired) electrons. The Morgan fingerprint density at radius 3 is 2.44 bits per heavy atom. The third kappa shape index (κ3) is 3.68. The minimum absolute atomic E-state index is 0.101. The molecular weight excluding hydrogens is 507 g/mol. The Morgan fingerprint density at radius 2 is 1.77 bits per heavy atom. The van der Waals surface area contributed by atoms with Gasteiger partial charge in [0, 0.05) is 23.2 Å². The van der Waals surface area contributed by atoms with E-state index in [4.69, 9.17) is 4.74 Å². The maximum Gasteiger partial charge on any atom is 0.310 e. The standard InChI is InChI=1S/C30H37FO8/c1-16-12-22-21-9-8-17-13-18(32)10-11-27(17,2)29(21,31)23(33)14-28(22,3)30(16,38)24(34)15-39-26(37)20-7-5-4-6-19(20)25(35)36/h4-5,8,10-11,16,19-23,33,38H,6-7,9,12-15H2,1-3H3,(H,35,36)/t16-,19-,20+,21?,22?,23+,27+,28+,29+,30+/m1/s1. The third-order valence-corrected chi connectivity index (χ3v) is 11.0. The maximum absolute atomic E-state index is 17.3. The molecule has 0 aliphatic heterocycles. The van der Waals surface area contributed by atoms with Gasteiger partial charge in [0.05, 0.1) is 17.9 Å². The van der Waals surface area contributed by atoms with Crippen molar-refractivity contribution in [3.63, 3.8) is 0 Å². The molecule has 3 N–H and O–H groups in total. The van der Waals surface area contributed by atoms with Crippen LogP contribution in [0.3, 0.4) is 0 Å². The number of alkyl halides is 1. The number of aliphatic hydroxyl groups is 2. The number of aliphatic carboxylic acids is 1. The van der Waals surface area contributed by atoms with Crippen LogP contribution < -0.4 is 0 Å². The number of hydrogen-bond acceptors (Lipinski definition) is 7. The topological polar surface area (TPSA) is 138 Å². The first-order chi connectivity index (χ1) is 18.2. The average molecular weight is 545 g/mol. The van der Waals surface area contributed by atoms with Crippen molar-refractivity contribution >= 4 is 23.5 Å². The van der Waals surface area contributed by atoms with Crippen molar-refractivity contribution in [3.05, 3.63) is 36.0 Å². The lowest BCUT2D eigenvalue weighted by atomic mass is 9.45. The van der Waals surface area contributed by atoms with Crippen molar-refractivity contribution in [1.82, 2.24) is 0 Å². The quantitative estimate of drug-likeness (QED) is 0.355. The number of carboxylic acids is 1. The molecule has 212 valence electrons. The average Bonchev–Trinajstić information content (AvgIpc) is 3.09. The number of ketones is 2. The Bertz CT molecular complexity index is 1210. The van der Waals surface area contributed by atoms with Crippen LogP contribution in [-0.2, 0) is 23.9 Å². The Kier molecular flexibility index (Phi) is 6.58. The Morgan fingerprint density at radius 1 is 1.10 bits per heavy atom. The van der Waals surface area contributed by atoms with Gasteiger partial charge in [-0.15, -0.1) is 0 Å². The lowest BCUT2D eigenvalue weighted by Gasteiger charge is -2.62. The lowest BCUT2D eigenvalue weighted by Crippen LogP contribution is -2.69. The molecule has 9 heteroatoms. The van der Waals surface area contributed by atoms with Crippen molar-refractivity contribution in [3.8, 4) is 0 Å². The number of carbonyl (C=O) groups excluding carboxylic acids is 3. The summed E-state index contributed by atoms with van der Waals surface area (Å²) in [7, 11) is 0. The first-order valence-electron chi connectivity index (χ1n) is 13.8. The van der Waals surface area contributed by atoms with Crippen LogP contribution in [0.25, 0.3) is 0 Å². The van der Waals surface area contributed by atoms with E-state index in [-0.39, 0.29) is 37.9 Å². The SMILES string of the molecule is C[C@@H]1CC2C3CC=C4CC(=O)C=C[C@]4(C)[C@@]3(F)[C@@H](O)C[C@]2(C)[C@@]1(O)C(=O)COC(=O)[C@H]1CC=CC[C@H]1C(=O)O. The van der Waals surface area contributed by atoms with Gasteiger partial charge in [0.2, 0.25) is 5.78 Å². The van der Waals surface area contributed by atoms with Gasteiger partial charge in [-0.05, 0) is 56.9 Å². The summed E-state index contributed by atoms with van der Waals surface area (Å²) in [5, 5.41) is 32.9. The van der Waals surface area contributed by atoms with Crippen LogP contribution in [0.2, 0.25) is 0 Å². The second kappa shape index (κ2) is 9.20. The van der Waals surface area contributed by atoms with Crippen LogP contribution in [-0.4, -0.2) is 62.8 Å². The van der Waals surface area contributed by atoms with Crippen molar-refractivity contribution < 1.29 is 43.6 Å². The molecule has 5 aliphatic rings. The summed E-state index contributed by atoms with van der Waals surface area (Å²) >= 11 is 0. The summed E-state index contributed by atoms with van der Waals surface area (Å²) < 4.78 is 22.6. The van der Waals surface area contributed by atoms with E-state index in [1.807, 2.05) is 6.08 Å². The van der Waals surface area contributed by atoms with E-state index in [2.05, 4.69) is 0 Å². The summed E-state index contributed by atoms with van der Waals surface area (Å²) in [5.41, 5.74) is -5.79. The Hall–Kier alpha value is -2.65. The molecule has 0 aromatic heterocycles. The number of rotatable bonds is 5. The van der Waals surface area contributed by atoms with Gasteiger partial charge < -0.3 is 20.1 Å². The van der Waals surface area contributed by atoms with E-state index in [0.29, 0.717) is 12.0 Å². The normalized spacial score (nSPS) is 46.5. The van der Waals surface area contributed by atoms with Gasteiger partial charge in [0.15, 0.2) is 18.1 Å². The number of carbonyl (C=O) groups is 4. The smallest absolute Gasteiger partial charge is 0.310 e. The zero-order valence-corrected chi connectivity index (χ0v) is 22.6. The van der Waals surface area contributed by atoms with E-state index in [9.17, 15) is 34.5 Å². The first-order valence-corrected chi connectivity index (χ1v) is 13.8. The van der Waals surface area contributed by atoms with Crippen molar-refractivity contribution in [1.29, 1.82) is 0 Å². The van der Waals surface area contributed by atoms with Crippen LogP contribution in [0.1, 0.15) is 59.3 Å². The van der Waals surface area contributed by atoms with Crippen LogP contribution in [0.4, 0.5) is 4.39 Å². The van der Waals surface area contributed by atoms with Gasteiger partial charge in [0.25, 0.3) is 0 Å². The molecule has 0 amide bonds. The minimum atomic E-state index is -2.08. The zero-order valence-electron chi connectivity index (χ0n) is 22.6. The molecule has 2 saturated carbocycles.